The van der Waals surface area contributed by atoms with E-state index in [2.05, 4.69) is 32.1 Å². The summed E-state index contributed by atoms with van der Waals surface area (Å²) >= 11 is 0. The van der Waals surface area contributed by atoms with Crippen LogP contribution in [-0.2, 0) is 11.2 Å². The Morgan fingerprint density at radius 2 is 1.77 bits per heavy atom. The van der Waals surface area contributed by atoms with E-state index < -0.39 is 5.97 Å². The molecule has 0 saturated carbocycles. The third-order valence-electron chi connectivity index (χ3n) is 5.74. The lowest BCUT2D eigenvalue weighted by Gasteiger charge is -2.35. The van der Waals surface area contributed by atoms with Crippen molar-refractivity contribution in [2.45, 2.75) is 39.0 Å². The van der Waals surface area contributed by atoms with Crippen molar-refractivity contribution in [3.63, 3.8) is 0 Å². The maximum atomic E-state index is 10.7. The summed E-state index contributed by atoms with van der Waals surface area (Å²) < 4.78 is 0. The summed E-state index contributed by atoms with van der Waals surface area (Å²) in [6.07, 6.45) is 3.47. The van der Waals surface area contributed by atoms with Gasteiger partial charge in [0.1, 0.15) is 5.82 Å². The smallest absolute Gasteiger partial charge is 0.303 e. The Kier molecular flexibility index (Phi) is 8.41. The van der Waals surface area contributed by atoms with Gasteiger partial charge in [0.05, 0.1) is 12.1 Å². The first-order chi connectivity index (χ1) is 15.0. The zero-order valence-electron chi connectivity index (χ0n) is 18.2. The average Bonchev–Trinajstić information content (AvgIpc) is 2.78. The van der Waals surface area contributed by atoms with Crippen molar-refractivity contribution in [3.05, 3.63) is 59.3 Å². The Bertz CT molecular complexity index is 875. The highest BCUT2D eigenvalue weighted by Gasteiger charge is 2.17. The topological polar surface area (TPSA) is 89.3 Å². The molecule has 0 amide bonds. The van der Waals surface area contributed by atoms with Gasteiger partial charge in [-0.25, -0.2) is 4.98 Å². The third kappa shape index (κ3) is 7.07. The lowest BCUT2D eigenvalue weighted by Crippen LogP contribution is -2.46. The number of unbranched alkanes of at least 4 members (excludes halogenated alkanes) is 1. The lowest BCUT2D eigenvalue weighted by molar-refractivity contribution is -0.136. The summed E-state index contributed by atoms with van der Waals surface area (Å²) in [6.45, 7) is 7.34. The van der Waals surface area contributed by atoms with E-state index in [1.165, 1.54) is 5.56 Å². The number of oxime groups is 1. The van der Waals surface area contributed by atoms with Gasteiger partial charge in [-0.05, 0) is 56.0 Å². The van der Waals surface area contributed by atoms with Crippen LogP contribution in [0.15, 0.2) is 47.6 Å². The molecule has 3 rings (SSSR count). The monoisotopic (exact) mass is 424 g/mol. The molecule has 31 heavy (non-hydrogen) atoms. The van der Waals surface area contributed by atoms with Crippen LogP contribution in [-0.4, -0.2) is 64.6 Å². The highest BCUT2D eigenvalue weighted by atomic mass is 16.4. The van der Waals surface area contributed by atoms with E-state index in [1.807, 2.05) is 37.3 Å². The molecule has 7 nitrogen and oxygen atoms in total. The van der Waals surface area contributed by atoms with Crippen molar-refractivity contribution < 1.29 is 15.1 Å². The van der Waals surface area contributed by atoms with Crippen LogP contribution in [0.3, 0.4) is 0 Å². The standard InChI is InChI=1S/C24H32N4O3/c1-19-5-4-7-23(25-19)28-17-15-27(16-18-28)14-3-2-6-20-8-10-21(11-9-20)22(26-31)12-13-24(29)30/h4-5,7-11,31H,2-3,6,12-18H2,1H3,(H,29,30)/b26-22-. The fourth-order valence-electron chi connectivity index (χ4n) is 3.91. The first kappa shape index (κ1) is 22.7. The highest BCUT2D eigenvalue weighted by molar-refractivity contribution is 6.01. The van der Waals surface area contributed by atoms with Gasteiger partial charge in [-0.3, -0.25) is 9.69 Å². The molecule has 0 atom stereocenters. The second kappa shape index (κ2) is 11.5. The Balaban J connectivity index is 1.36. The molecule has 0 aliphatic carbocycles. The number of piperazine rings is 1. The van der Waals surface area contributed by atoms with Gasteiger partial charge in [-0.15, -0.1) is 0 Å². The molecular weight excluding hydrogens is 392 g/mol. The van der Waals surface area contributed by atoms with Crippen molar-refractivity contribution in [1.29, 1.82) is 0 Å². The van der Waals surface area contributed by atoms with Gasteiger partial charge < -0.3 is 15.2 Å². The van der Waals surface area contributed by atoms with Gasteiger partial charge >= 0.3 is 5.97 Å². The number of pyridine rings is 1. The molecular formula is C24H32N4O3. The summed E-state index contributed by atoms with van der Waals surface area (Å²) in [6, 6.07) is 14.1. The van der Waals surface area contributed by atoms with Gasteiger partial charge in [-0.2, -0.15) is 0 Å². The molecule has 1 aromatic heterocycles. The number of anilines is 1. The van der Waals surface area contributed by atoms with E-state index in [9.17, 15) is 4.79 Å². The number of benzene rings is 1. The minimum absolute atomic E-state index is 0.0447. The molecule has 1 aliphatic heterocycles. The molecule has 1 fully saturated rings. The molecule has 1 aliphatic rings. The number of hydrogen-bond donors (Lipinski definition) is 2. The molecule has 166 valence electrons. The largest absolute Gasteiger partial charge is 0.481 e. The number of carboxylic acid groups (broad SMARTS) is 1. The number of nitrogens with zero attached hydrogens (tertiary/aromatic N) is 4. The zero-order valence-corrected chi connectivity index (χ0v) is 18.2. The molecule has 2 N–H and O–H groups in total. The summed E-state index contributed by atoms with van der Waals surface area (Å²) in [4.78, 5) is 20.2. The summed E-state index contributed by atoms with van der Waals surface area (Å²) in [5, 5.41) is 21.2. The van der Waals surface area contributed by atoms with Crippen molar-refractivity contribution in [2.75, 3.05) is 37.6 Å². The second-order valence-corrected chi connectivity index (χ2v) is 8.06. The molecule has 1 saturated heterocycles. The number of carboxylic acids is 1. The molecule has 0 radical (unpaired) electrons. The quantitative estimate of drug-likeness (QED) is 0.262. The third-order valence-corrected chi connectivity index (χ3v) is 5.74. The maximum absolute atomic E-state index is 10.7. The van der Waals surface area contributed by atoms with Gasteiger partial charge in [0.15, 0.2) is 0 Å². The van der Waals surface area contributed by atoms with Crippen LogP contribution in [0.2, 0.25) is 0 Å². The fourth-order valence-corrected chi connectivity index (χ4v) is 3.91. The van der Waals surface area contributed by atoms with Crippen LogP contribution in [0, 0.1) is 6.92 Å². The highest BCUT2D eigenvalue weighted by Crippen LogP contribution is 2.15. The number of rotatable bonds is 10. The Labute approximate surface area is 184 Å². The van der Waals surface area contributed by atoms with Crippen LogP contribution in [0.25, 0.3) is 0 Å². The average molecular weight is 425 g/mol. The van der Waals surface area contributed by atoms with E-state index in [4.69, 9.17) is 10.3 Å². The molecule has 0 unspecified atom stereocenters. The second-order valence-electron chi connectivity index (χ2n) is 8.06. The minimum Gasteiger partial charge on any atom is -0.481 e. The minimum atomic E-state index is -0.897. The SMILES string of the molecule is Cc1cccc(N2CCN(CCCCc3ccc(/C(CCC(=O)O)=N\O)cc3)CC2)n1. The van der Waals surface area contributed by atoms with Crippen molar-refractivity contribution in [3.8, 4) is 0 Å². The Hall–Kier alpha value is -2.93. The van der Waals surface area contributed by atoms with Gasteiger partial charge in [0.2, 0.25) is 0 Å². The van der Waals surface area contributed by atoms with E-state index in [-0.39, 0.29) is 12.8 Å². The molecule has 2 heterocycles. The zero-order chi connectivity index (χ0) is 22.1. The first-order valence-corrected chi connectivity index (χ1v) is 11.0. The van der Waals surface area contributed by atoms with Gasteiger partial charge in [0, 0.05) is 38.3 Å². The van der Waals surface area contributed by atoms with Crippen molar-refractivity contribution >= 4 is 17.5 Å². The Morgan fingerprint density at radius 3 is 2.42 bits per heavy atom. The maximum Gasteiger partial charge on any atom is 0.303 e. The van der Waals surface area contributed by atoms with Crippen LogP contribution in [0.1, 0.15) is 42.5 Å². The number of aliphatic carboxylic acids is 1. The van der Waals surface area contributed by atoms with Gasteiger partial charge in [-0.1, -0.05) is 35.5 Å². The molecule has 1 aromatic carbocycles. The van der Waals surface area contributed by atoms with Gasteiger partial charge in [0.25, 0.3) is 0 Å². The predicted molar refractivity (Wildman–Crippen MR) is 122 cm³/mol. The Morgan fingerprint density at radius 1 is 1.03 bits per heavy atom. The molecule has 0 bridgehead atoms. The normalized spacial score (nSPS) is 15.3. The van der Waals surface area contributed by atoms with Crippen LogP contribution < -0.4 is 4.90 Å². The summed E-state index contributed by atoms with van der Waals surface area (Å²) in [7, 11) is 0. The van der Waals surface area contributed by atoms with E-state index in [1.54, 1.807) is 0 Å². The molecule has 2 aromatic rings. The van der Waals surface area contributed by atoms with E-state index in [0.29, 0.717) is 5.71 Å². The predicted octanol–water partition coefficient (Wildman–Crippen LogP) is 3.58. The van der Waals surface area contributed by atoms with E-state index >= 15 is 0 Å². The first-order valence-electron chi connectivity index (χ1n) is 11.0. The number of aryl methyl sites for hydroxylation is 2. The van der Waals surface area contributed by atoms with E-state index in [0.717, 1.165) is 69.1 Å². The lowest BCUT2D eigenvalue weighted by atomic mass is 10.0. The van der Waals surface area contributed by atoms with Crippen LogP contribution in [0.5, 0.6) is 0 Å². The summed E-state index contributed by atoms with van der Waals surface area (Å²) in [5.41, 5.74) is 3.49. The van der Waals surface area contributed by atoms with Crippen molar-refractivity contribution in [1.82, 2.24) is 9.88 Å². The molecule has 0 spiro atoms. The van der Waals surface area contributed by atoms with Crippen LogP contribution in [0.4, 0.5) is 5.82 Å². The van der Waals surface area contributed by atoms with Crippen molar-refractivity contribution in [2.24, 2.45) is 5.16 Å². The van der Waals surface area contributed by atoms with Crippen LogP contribution >= 0.6 is 0 Å². The molecule has 7 heteroatoms. The number of carbonyl (C=O) groups is 1. The summed E-state index contributed by atoms with van der Waals surface area (Å²) in [5.74, 6) is 0.187. The number of aromatic nitrogens is 1. The fraction of sp³-hybridized carbons (Fsp3) is 0.458. The number of hydrogen-bond acceptors (Lipinski definition) is 6.